The number of carbonyl (C=O) groups excluding carboxylic acids is 2. The maximum atomic E-state index is 13.1. The molecule has 164 valence electrons. The molecular formula is C24H29FN4O2. The predicted octanol–water partition coefficient (Wildman–Crippen LogP) is 4.50. The van der Waals surface area contributed by atoms with Crippen LogP contribution < -0.4 is 0 Å². The van der Waals surface area contributed by atoms with Crippen molar-refractivity contribution in [2.75, 3.05) is 13.6 Å². The topological polar surface area (TPSA) is 81.8 Å². The number of aryl methyl sites for hydroxylation is 2. The SMILES string of the molecule is CC(=O)c1c(C)[nH]c(C(=O)C(C)N(C)CCCc2cc(-c3ccc(F)cc3)n[nH]2)c1C. The van der Waals surface area contributed by atoms with Gasteiger partial charge in [-0.3, -0.25) is 19.6 Å². The lowest BCUT2D eigenvalue weighted by Gasteiger charge is -2.23. The number of aromatic amines is 2. The molecule has 0 aliphatic carbocycles. The van der Waals surface area contributed by atoms with Crippen molar-refractivity contribution in [1.29, 1.82) is 0 Å². The molecule has 3 aromatic rings. The number of H-pyrrole nitrogens is 2. The van der Waals surface area contributed by atoms with E-state index < -0.39 is 0 Å². The molecule has 1 unspecified atom stereocenters. The molecule has 0 amide bonds. The first-order chi connectivity index (χ1) is 14.7. The van der Waals surface area contributed by atoms with E-state index in [0.717, 1.165) is 47.6 Å². The fraction of sp³-hybridized carbons (Fsp3) is 0.375. The molecule has 0 aliphatic heterocycles. The standard InChI is InChI=1S/C24H29FN4O2/c1-14-22(17(4)30)15(2)26-23(14)24(31)16(3)29(5)12-6-7-20-13-21(28-27-20)18-8-10-19(25)11-9-18/h8-11,13,16,26H,6-7,12H2,1-5H3,(H,27,28). The summed E-state index contributed by atoms with van der Waals surface area (Å²) < 4.78 is 13.1. The van der Waals surface area contributed by atoms with E-state index in [2.05, 4.69) is 15.2 Å². The second-order valence-corrected chi connectivity index (χ2v) is 8.09. The first-order valence-corrected chi connectivity index (χ1v) is 10.4. The molecule has 0 radical (unpaired) electrons. The van der Waals surface area contributed by atoms with Crippen LogP contribution in [0.1, 0.15) is 58.1 Å². The second kappa shape index (κ2) is 9.39. The van der Waals surface area contributed by atoms with Crippen LogP contribution in [0.4, 0.5) is 4.39 Å². The Hall–Kier alpha value is -3.06. The molecule has 1 aromatic carbocycles. The molecule has 31 heavy (non-hydrogen) atoms. The molecule has 2 heterocycles. The number of hydrogen-bond acceptors (Lipinski definition) is 4. The van der Waals surface area contributed by atoms with Crippen molar-refractivity contribution in [3.63, 3.8) is 0 Å². The van der Waals surface area contributed by atoms with E-state index in [1.165, 1.54) is 19.1 Å². The molecule has 2 aromatic heterocycles. The highest BCUT2D eigenvalue weighted by molar-refractivity contribution is 6.05. The maximum absolute atomic E-state index is 13.1. The van der Waals surface area contributed by atoms with Gasteiger partial charge in [0.25, 0.3) is 0 Å². The average molecular weight is 425 g/mol. The molecule has 1 atom stereocenters. The number of Topliss-reactive ketones (excluding diaryl/α,β-unsaturated/α-hetero) is 2. The van der Waals surface area contributed by atoms with Crippen LogP contribution in [0.25, 0.3) is 11.3 Å². The smallest absolute Gasteiger partial charge is 0.196 e. The summed E-state index contributed by atoms with van der Waals surface area (Å²) in [4.78, 5) is 29.9. The van der Waals surface area contributed by atoms with Gasteiger partial charge in [0.05, 0.1) is 17.4 Å². The van der Waals surface area contributed by atoms with Gasteiger partial charge >= 0.3 is 0 Å². The summed E-state index contributed by atoms with van der Waals surface area (Å²) in [6.07, 6.45) is 1.63. The average Bonchev–Trinajstić information content (AvgIpc) is 3.31. The van der Waals surface area contributed by atoms with E-state index in [1.807, 2.05) is 38.8 Å². The largest absolute Gasteiger partial charge is 0.355 e. The van der Waals surface area contributed by atoms with E-state index in [1.54, 1.807) is 12.1 Å². The molecule has 0 saturated heterocycles. The van der Waals surface area contributed by atoms with Crippen molar-refractivity contribution in [2.45, 2.75) is 46.6 Å². The first kappa shape index (κ1) is 22.6. The molecular weight excluding hydrogens is 395 g/mol. The molecule has 3 rings (SSSR count). The number of halogens is 1. The number of ketones is 2. The van der Waals surface area contributed by atoms with Crippen molar-refractivity contribution >= 4 is 11.6 Å². The molecule has 0 bridgehead atoms. The van der Waals surface area contributed by atoms with Crippen LogP contribution in [0.5, 0.6) is 0 Å². The van der Waals surface area contributed by atoms with Crippen LogP contribution >= 0.6 is 0 Å². The maximum Gasteiger partial charge on any atom is 0.196 e. The minimum absolute atomic E-state index is 0.0178. The van der Waals surface area contributed by atoms with Crippen LogP contribution in [-0.4, -0.2) is 51.3 Å². The Morgan fingerprint density at radius 2 is 1.87 bits per heavy atom. The highest BCUT2D eigenvalue weighted by Crippen LogP contribution is 2.21. The van der Waals surface area contributed by atoms with Crippen molar-refractivity contribution in [2.24, 2.45) is 0 Å². The molecule has 0 aliphatic rings. The molecule has 0 fully saturated rings. The third-order valence-electron chi connectivity index (χ3n) is 5.80. The van der Waals surface area contributed by atoms with Gasteiger partial charge in [0.1, 0.15) is 5.82 Å². The summed E-state index contributed by atoms with van der Waals surface area (Å²) in [6.45, 7) is 7.77. The van der Waals surface area contributed by atoms with Gasteiger partial charge in [0, 0.05) is 22.5 Å². The summed E-state index contributed by atoms with van der Waals surface area (Å²) >= 11 is 0. The highest BCUT2D eigenvalue weighted by Gasteiger charge is 2.25. The summed E-state index contributed by atoms with van der Waals surface area (Å²) in [5.41, 5.74) is 5.22. The summed E-state index contributed by atoms with van der Waals surface area (Å²) in [7, 11) is 1.93. The zero-order valence-electron chi connectivity index (χ0n) is 18.7. The fourth-order valence-corrected chi connectivity index (χ4v) is 3.90. The quantitative estimate of drug-likeness (QED) is 0.496. The third-order valence-corrected chi connectivity index (χ3v) is 5.80. The minimum Gasteiger partial charge on any atom is -0.355 e. The zero-order valence-corrected chi connectivity index (χ0v) is 18.7. The molecule has 0 spiro atoms. The first-order valence-electron chi connectivity index (χ1n) is 10.4. The number of nitrogens with one attached hydrogen (secondary N) is 2. The third kappa shape index (κ3) is 4.99. The molecule has 0 saturated carbocycles. The summed E-state index contributed by atoms with van der Waals surface area (Å²) in [5, 5.41) is 7.34. The molecule has 6 nitrogen and oxygen atoms in total. The van der Waals surface area contributed by atoms with Crippen LogP contribution in [0.2, 0.25) is 0 Å². The minimum atomic E-state index is -0.312. The summed E-state index contributed by atoms with van der Waals surface area (Å²) in [5.74, 6) is -0.324. The van der Waals surface area contributed by atoms with Gasteiger partial charge < -0.3 is 4.98 Å². The Morgan fingerprint density at radius 3 is 2.48 bits per heavy atom. The number of benzene rings is 1. The van der Waals surface area contributed by atoms with Crippen molar-refractivity contribution < 1.29 is 14.0 Å². The van der Waals surface area contributed by atoms with E-state index in [9.17, 15) is 14.0 Å². The number of aromatic nitrogens is 3. The predicted molar refractivity (Wildman–Crippen MR) is 119 cm³/mol. The van der Waals surface area contributed by atoms with Gasteiger partial charge in [-0.05, 0) is 90.0 Å². The zero-order chi connectivity index (χ0) is 22.7. The van der Waals surface area contributed by atoms with Gasteiger partial charge in [-0.1, -0.05) is 0 Å². The number of hydrogen-bond donors (Lipinski definition) is 2. The Labute approximate surface area is 181 Å². The van der Waals surface area contributed by atoms with Crippen LogP contribution in [-0.2, 0) is 6.42 Å². The van der Waals surface area contributed by atoms with Gasteiger partial charge in [0.2, 0.25) is 0 Å². The van der Waals surface area contributed by atoms with Crippen molar-refractivity contribution in [1.82, 2.24) is 20.1 Å². The highest BCUT2D eigenvalue weighted by atomic mass is 19.1. The monoisotopic (exact) mass is 424 g/mol. The van der Waals surface area contributed by atoms with Gasteiger partial charge in [-0.2, -0.15) is 5.10 Å². The molecule has 2 N–H and O–H groups in total. The van der Waals surface area contributed by atoms with Crippen LogP contribution in [0.15, 0.2) is 30.3 Å². The van der Waals surface area contributed by atoms with Gasteiger partial charge in [-0.15, -0.1) is 0 Å². The number of likely N-dealkylation sites (N-methyl/N-ethyl adjacent to an activating group) is 1. The Morgan fingerprint density at radius 1 is 1.19 bits per heavy atom. The van der Waals surface area contributed by atoms with Crippen LogP contribution in [0, 0.1) is 19.7 Å². The van der Waals surface area contributed by atoms with E-state index in [4.69, 9.17) is 0 Å². The Balaban J connectivity index is 1.57. The number of rotatable bonds is 9. The molecule has 7 heteroatoms. The normalized spacial score (nSPS) is 12.4. The van der Waals surface area contributed by atoms with E-state index in [0.29, 0.717) is 11.3 Å². The second-order valence-electron chi connectivity index (χ2n) is 8.09. The van der Waals surface area contributed by atoms with Crippen molar-refractivity contribution in [3.05, 3.63) is 64.4 Å². The van der Waals surface area contributed by atoms with E-state index in [-0.39, 0.29) is 23.4 Å². The van der Waals surface area contributed by atoms with Crippen molar-refractivity contribution in [3.8, 4) is 11.3 Å². The fourth-order valence-electron chi connectivity index (χ4n) is 3.90. The lowest BCUT2D eigenvalue weighted by atomic mass is 10.0. The van der Waals surface area contributed by atoms with E-state index >= 15 is 0 Å². The summed E-state index contributed by atoms with van der Waals surface area (Å²) in [6, 6.07) is 7.91. The lowest BCUT2D eigenvalue weighted by Crippen LogP contribution is -2.37. The Kier molecular flexibility index (Phi) is 6.85. The number of carbonyl (C=O) groups is 2. The van der Waals surface area contributed by atoms with Gasteiger partial charge in [0.15, 0.2) is 11.6 Å². The van der Waals surface area contributed by atoms with Crippen LogP contribution in [0.3, 0.4) is 0 Å². The Bertz CT molecular complexity index is 1080. The number of nitrogens with zero attached hydrogens (tertiary/aromatic N) is 2. The lowest BCUT2D eigenvalue weighted by molar-refractivity contribution is 0.0862. The van der Waals surface area contributed by atoms with Gasteiger partial charge in [-0.25, -0.2) is 4.39 Å².